The van der Waals surface area contributed by atoms with Gasteiger partial charge in [-0.15, -0.1) is 0 Å². The Morgan fingerprint density at radius 2 is 1.83 bits per heavy atom. The zero-order valence-electron chi connectivity index (χ0n) is 20.7. The van der Waals surface area contributed by atoms with Gasteiger partial charge >= 0.3 is 0 Å². The van der Waals surface area contributed by atoms with Gasteiger partial charge in [-0.1, -0.05) is 23.5 Å². The summed E-state index contributed by atoms with van der Waals surface area (Å²) in [5.74, 6) is -0.653. The third-order valence-electron chi connectivity index (χ3n) is 6.91. The molecule has 9 heteroatoms. The zero-order valence-corrected chi connectivity index (χ0v) is 21.5. The summed E-state index contributed by atoms with van der Waals surface area (Å²) < 4.78 is 6.49. The summed E-state index contributed by atoms with van der Waals surface area (Å²) in [5.41, 5.74) is 4.07. The molecule has 3 amide bonds. The maximum atomic E-state index is 13.9. The van der Waals surface area contributed by atoms with Crippen molar-refractivity contribution in [2.45, 2.75) is 33.1 Å². The van der Waals surface area contributed by atoms with Crippen LogP contribution >= 0.6 is 11.3 Å². The molecule has 2 aromatic carbocycles. The first-order valence-corrected chi connectivity index (χ1v) is 13.2. The van der Waals surface area contributed by atoms with Gasteiger partial charge in [0.25, 0.3) is 5.91 Å². The smallest absolute Gasteiger partial charge is 0.260 e. The molecule has 0 unspecified atom stereocenters. The summed E-state index contributed by atoms with van der Waals surface area (Å²) in [4.78, 5) is 48.5. The second-order valence-electron chi connectivity index (χ2n) is 9.29. The molecule has 5 rings (SSSR count). The van der Waals surface area contributed by atoms with Crippen LogP contribution in [0, 0.1) is 13.8 Å². The Labute approximate surface area is 214 Å². The topological polar surface area (TPSA) is 83.0 Å². The normalized spacial score (nSPS) is 16.8. The number of benzene rings is 2. The van der Waals surface area contributed by atoms with Gasteiger partial charge in [0, 0.05) is 44.6 Å². The fraction of sp³-hybridized carbons (Fsp3) is 0.407. The second kappa shape index (κ2) is 10.5. The molecule has 0 saturated carbocycles. The first kappa shape index (κ1) is 24.5. The number of thiazole rings is 1. The number of fused-ring (bicyclic) bond motifs is 1. The highest BCUT2D eigenvalue weighted by molar-refractivity contribution is 7.22. The Bertz CT molecular complexity index is 1300. The van der Waals surface area contributed by atoms with Crippen molar-refractivity contribution in [2.24, 2.45) is 0 Å². The van der Waals surface area contributed by atoms with Crippen molar-refractivity contribution in [3.63, 3.8) is 0 Å². The number of carbonyl (C=O) groups is 3. The van der Waals surface area contributed by atoms with Crippen LogP contribution in [0.4, 0.5) is 10.8 Å². The highest BCUT2D eigenvalue weighted by Crippen LogP contribution is 2.33. The number of nitrogens with zero attached hydrogens (tertiary/aromatic N) is 4. The summed E-state index contributed by atoms with van der Waals surface area (Å²) in [7, 11) is 0. The van der Waals surface area contributed by atoms with Gasteiger partial charge in [0.1, 0.15) is 0 Å². The lowest BCUT2D eigenvalue weighted by molar-refractivity contribution is -0.121. The standard InChI is InChI=1S/C27H30N4O4S/c1-18-7-8-22-25(19(18)2)28-27(36-22)30(12-4-11-29-13-15-35-16-14-29)26(34)20-5-3-6-21(17-20)31-23(32)9-10-24(31)33/h3,5-8,17H,4,9-16H2,1-2H3. The molecule has 3 heterocycles. The largest absolute Gasteiger partial charge is 0.379 e. The number of anilines is 2. The number of morpholine rings is 1. The number of ether oxygens (including phenoxy) is 1. The Hall–Kier alpha value is -3.14. The minimum atomic E-state index is -0.232. The molecule has 0 bridgehead atoms. The quantitative estimate of drug-likeness (QED) is 0.452. The monoisotopic (exact) mass is 506 g/mol. The van der Waals surface area contributed by atoms with Gasteiger partial charge in [-0.05, 0) is 55.7 Å². The number of aromatic nitrogens is 1. The minimum Gasteiger partial charge on any atom is -0.379 e. The van der Waals surface area contributed by atoms with Crippen LogP contribution in [0.3, 0.4) is 0 Å². The van der Waals surface area contributed by atoms with Crippen molar-refractivity contribution >= 4 is 50.1 Å². The van der Waals surface area contributed by atoms with E-state index in [9.17, 15) is 14.4 Å². The third kappa shape index (κ3) is 4.91. The van der Waals surface area contributed by atoms with Crippen molar-refractivity contribution in [1.29, 1.82) is 0 Å². The van der Waals surface area contributed by atoms with E-state index in [4.69, 9.17) is 9.72 Å². The molecule has 188 valence electrons. The fourth-order valence-electron chi connectivity index (χ4n) is 4.69. The highest BCUT2D eigenvalue weighted by atomic mass is 32.1. The Kier molecular flexibility index (Phi) is 7.13. The summed E-state index contributed by atoms with van der Waals surface area (Å²) >= 11 is 1.51. The summed E-state index contributed by atoms with van der Waals surface area (Å²) in [6, 6.07) is 10.9. The molecule has 2 aliphatic heterocycles. The van der Waals surface area contributed by atoms with Crippen LogP contribution < -0.4 is 9.80 Å². The third-order valence-corrected chi connectivity index (χ3v) is 7.96. The molecule has 1 aromatic heterocycles. The van der Waals surface area contributed by atoms with E-state index >= 15 is 0 Å². The highest BCUT2D eigenvalue weighted by Gasteiger charge is 2.31. The Morgan fingerprint density at radius 1 is 1.08 bits per heavy atom. The van der Waals surface area contributed by atoms with Crippen LogP contribution in [0.1, 0.15) is 40.7 Å². The average molecular weight is 507 g/mol. The molecular weight excluding hydrogens is 476 g/mol. The summed E-state index contributed by atoms with van der Waals surface area (Å²) in [5, 5.41) is 0.657. The number of imide groups is 1. The second-order valence-corrected chi connectivity index (χ2v) is 10.3. The number of rotatable bonds is 7. The lowest BCUT2D eigenvalue weighted by Gasteiger charge is -2.28. The first-order chi connectivity index (χ1) is 17.4. The number of aryl methyl sites for hydroxylation is 2. The van der Waals surface area contributed by atoms with Crippen LogP contribution in [0.5, 0.6) is 0 Å². The Morgan fingerprint density at radius 3 is 2.58 bits per heavy atom. The van der Waals surface area contributed by atoms with Crippen LogP contribution in [-0.2, 0) is 14.3 Å². The van der Waals surface area contributed by atoms with Gasteiger partial charge in [-0.25, -0.2) is 4.98 Å². The molecule has 0 spiro atoms. The summed E-state index contributed by atoms with van der Waals surface area (Å²) in [6.07, 6.45) is 1.20. The van der Waals surface area contributed by atoms with Gasteiger partial charge in [-0.2, -0.15) is 0 Å². The van der Waals surface area contributed by atoms with Gasteiger partial charge < -0.3 is 4.74 Å². The van der Waals surface area contributed by atoms with Crippen molar-refractivity contribution in [3.05, 3.63) is 53.1 Å². The van der Waals surface area contributed by atoms with Gasteiger partial charge in [0.15, 0.2) is 5.13 Å². The molecule has 0 radical (unpaired) electrons. The van der Waals surface area contributed by atoms with Crippen LogP contribution in [0.15, 0.2) is 36.4 Å². The fourth-order valence-corrected chi connectivity index (χ4v) is 5.74. The molecule has 0 atom stereocenters. The van der Waals surface area contributed by atoms with Crippen molar-refractivity contribution in [2.75, 3.05) is 49.2 Å². The van der Waals surface area contributed by atoms with E-state index in [1.807, 2.05) is 0 Å². The van der Waals surface area contributed by atoms with Crippen LogP contribution in [-0.4, -0.2) is 67.0 Å². The number of amides is 3. The first-order valence-electron chi connectivity index (χ1n) is 12.4. The van der Waals surface area contributed by atoms with E-state index in [1.165, 1.54) is 16.2 Å². The van der Waals surface area contributed by atoms with Crippen LogP contribution in [0.25, 0.3) is 10.2 Å². The SMILES string of the molecule is Cc1ccc2sc(N(CCCN3CCOCC3)C(=O)c3cccc(N4C(=O)CCC4=O)c3)nc2c1C. The molecule has 2 aliphatic rings. The van der Waals surface area contributed by atoms with E-state index in [1.54, 1.807) is 29.2 Å². The average Bonchev–Trinajstić information content (AvgIpc) is 3.47. The van der Waals surface area contributed by atoms with Gasteiger partial charge in [0.05, 0.1) is 29.1 Å². The van der Waals surface area contributed by atoms with E-state index in [-0.39, 0.29) is 30.6 Å². The molecule has 3 aromatic rings. The lowest BCUT2D eigenvalue weighted by Crippen LogP contribution is -2.39. The van der Waals surface area contributed by atoms with E-state index in [0.29, 0.717) is 22.9 Å². The van der Waals surface area contributed by atoms with Crippen LogP contribution in [0.2, 0.25) is 0 Å². The number of hydrogen-bond donors (Lipinski definition) is 0. The van der Waals surface area contributed by atoms with Gasteiger partial charge in [-0.3, -0.25) is 29.1 Å². The lowest BCUT2D eigenvalue weighted by atomic mass is 10.1. The van der Waals surface area contributed by atoms with E-state index in [2.05, 4.69) is 30.9 Å². The maximum Gasteiger partial charge on any atom is 0.260 e. The van der Waals surface area contributed by atoms with E-state index in [0.717, 1.165) is 60.6 Å². The van der Waals surface area contributed by atoms with Crippen molar-refractivity contribution in [1.82, 2.24) is 9.88 Å². The molecule has 36 heavy (non-hydrogen) atoms. The molecule has 8 nitrogen and oxygen atoms in total. The van der Waals surface area contributed by atoms with Crippen molar-refractivity contribution < 1.29 is 19.1 Å². The molecule has 0 N–H and O–H groups in total. The molecule has 0 aliphatic carbocycles. The predicted octanol–water partition coefficient (Wildman–Crippen LogP) is 3.94. The minimum absolute atomic E-state index is 0.189. The zero-order chi connectivity index (χ0) is 25.2. The van der Waals surface area contributed by atoms with E-state index < -0.39 is 0 Å². The van der Waals surface area contributed by atoms with Crippen molar-refractivity contribution in [3.8, 4) is 0 Å². The number of hydrogen-bond acceptors (Lipinski definition) is 7. The molecule has 2 saturated heterocycles. The van der Waals surface area contributed by atoms with Gasteiger partial charge in [0.2, 0.25) is 11.8 Å². The predicted molar refractivity (Wildman–Crippen MR) is 141 cm³/mol. The molecular formula is C27H30N4O4S. The number of carbonyl (C=O) groups excluding carboxylic acids is 3. The maximum absolute atomic E-state index is 13.9. The Balaban J connectivity index is 1.44. The molecule has 2 fully saturated rings. The summed E-state index contributed by atoms with van der Waals surface area (Å²) in [6.45, 7) is 8.76.